The number of benzene rings is 1. The summed E-state index contributed by atoms with van der Waals surface area (Å²) in [7, 11) is 0. The molecule has 2 aliphatic rings. The molecule has 130 valence electrons. The van der Waals surface area contributed by atoms with Crippen LogP contribution < -0.4 is 0 Å². The number of carbonyl (C=O) groups excluding carboxylic acids is 1. The summed E-state index contributed by atoms with van der Waals surface area (Å²) >= 11 is 3.36. The van der Waals surface area contributed by atoms with Gasteiger partial charge >= 0.3 is 0 Å². The summed E-state index contributed by atoms with van der Waals surface area (Å²) in [6.45, 7) is 0. The second kappa shape index (κ2) is 6.58. The molecule has 1 aliphatic heterocycles. The van der Waals surface area contributed by atoms with E-state index in [1.54, 1.807) is 29.1 Å². The molecular formula is C20H14BrFN2O2. The molecule has 0 saturated heterocycles. The molecule has 0 bridgehead atoms. The first-order valence-electron chi connectivity index (χ1n) is 8.27. The molecule has 1 atom stereocenters. The van der Waals surface area contributed by atoms with E-state index in [0.29, 0.717) is 46.5 Å². The molecule has 0 spiro atoms. The van der Waals surface area contributed by atoms with Gasteiger partial charge in [0.1, 0.15) is 23.2 Å². The molecule has 0 amide bonds. The SMILES string of the molecule is N#CC1=C(n2cccc2)OC2=C(C(=O)CCC2)C1c1cc(Br)ccc1F. The van der Waals surface area contributed by atoms with Crippen molar-refractivity contribution < 1.29 is 13.9 Å². The third-order valence-electron chi connectivity index (χ3n) is 4.66. The molecule has 4 rings (SSSR count). The lowest BCUT2D eigenvalue weighted by molar-refractivity contribution is -0.116. The van der Waals surface area contributed by atoms with Crippen LogP contribution in [0.1, 0.15) is 30.7 Å². The van der Waals surface area contributed by atoms with Crippen LogP contribution in [0.5, 0.6) is 0 Å². The molecule has 0 N–H and O–H groups in total. The van der Waals surface area contributed by atoms with Crippen molar-refractivity contribution in [2.24, 2.45) is 0 Å². The molecule has 1 aromatic carbocycles. The van der Waals surface area contributed by atoms with Crippen molar-refractivity contribution in [2.75, 3.05) is 0 Å². The van der Waals surface area contributed by atoms with Crippen LogP contribution in [0.2, 0.25) is 0 Å². The highest BCUT2D eigenvalue weighted by molar-refractivity contribution is 9.10. The number of allylic oxidation sites excluding steroid dienone is 3. The number of hydrogen-bond donors (Lipinski definition) is 0. The van der Waals surface area contributed by atoms with Crippen LogP contribution in [-0.2, 0) is 9.53 Å². The van der Waals surface area contributed by atoms with E-state index in [4.69, 9.17) is 4.74 Å². The monoisotopic (exact) mass is 412 g/mol. The smallest absolute Gasteiger partial charge is 0.218 e. The van der Waals surface area contributed by atoms with Crippen molar-refractivity contribution in [1.29, 1.82) is 5.26 Å². The Morgan fingerprint density at radius 3 is 2.77 bits per heavy atom. The normalized spacial score (nSPS) is 19.9. The first kappa shape index (κ1) is 16.8. The van der Waals surface area contributed by atoms with E-state index in [2.05, 4.69) is 22.0 Å². The highest BCUT2D eigenvalue weighted by Crippen LogP contribution is 2.46. The van der Waals surface area contributed by atoms with Gasteiger partial charge in [0, 0.05) is 40.8 Å². The molecule has 0 saturated carbocycles. The van der Waals surface area contributed by atoms with Crippen molar-refractivity contribution in [3.63, 3.8) is 0 Å². The molecule has 2 aromatic rings. The first-order valence-corrected chi connectivity index (χ1v) is 9.06. The molecule has 26 heavy (non-hydrogen) atoms. The highest BCUT2D eigenvalue weighted by atomic mass is 79.9. The van der Waals surface area contributed by atoms with E-state index in [-0.39, 0.29) is 11.4 Å². The first-order chi connectivity index (χ1) is 12.6. The minimum absolute atomic E-state index is 0.0880. The van der Waals surface area contributed by atoms with Gasteiger partial charge in [0.25, 0.3) is 0 Å². The molecular weight excluding hydrogens is 399 g/mol. The van der Waals surface area contributed by atoms with Crippen molar-refractivity contribution in [1.82, 2.24) is 4.57 Å². The number of carbonyl (C=O) groups is 1. The molecule has 1 aliphatic carbocycles. The van der Waals surface area contributed by atoms with E-state index in [1.165, 1.54) is 6.07 Å². The minimum Gasteiger partial charge on any atom is -0.443 e. The van der Waals surface area contributed by atoms with Crippen LogP contribution in [0, 0.1) is 17.1 Å². The van der Waals surface area contributed by atoms with Gasteiger partial charge in [-0.25, -0.2) is 4.39 Å². The number of ketones is 1. The fourth-order valence-electron chi connectivity index (χ4n) is 3.52. The maximum atomic E-state index is 14.7. The predicted octanol–water partition coefficient (Wildman–Crippen LogP) is 4.90. The topological polar surface area (TPSA) is 55.0 Å². The van der Waals surface area contributed by atoms with Crippen LogP contribution >= 0.6 is 15.9 Å². The zero-order valence-corrected chi connectivity index (χ0v) is 15.3. The Bertz CT molecular complexity index is 999. The van der Waals surface area contributed by atoms with Crippen LogP contribution in [0.15, 0.2) is 64.1 Å². The van der Waals surface area contributed by atoms with E-state index in [1.807, 2.05) is 12.1 Å². The Kier molecular flexibility index (Phi) is 4.25. The number of aromatic nitrogens is 1. The quantitative estimate of drug-likeness (QED) is 0.704. The Morgan fingerprint density at radius 1 is 1.27 bits per heavy atom. The van der Waals surface area contributed by atoms with Crippen molar-refractivity contribution in [3.05, 3.63) is 75.5 Å². The van der Waals surface area contributed by atoms with Gasteiger partial charge in [0.2, 0.25) is 5.88 Å². The lowest BCUT2D eigenvalue weighted by Crippen LogP contribution is -2.26. The van der Waals surface area contributed by atoms with Gasteiger partial charge in [-0.05, 0) is 36.8 Å². The molecule has 2 heterocycles. The average molecular weight is 413 g/mol. The van der Waals surface area contributed by atoms with Crippen molar-refractivity contribution in [2.45, 2.75) is 25.2 Å². The largest absolute Gasteiger partial charge is 0.443 e. The fourth-order valence-corrected chi connectivity index (χ4v) is 3.90. The molecule has 1 unspecified atom stereocenters. The number of Topliss-reactive ketones (excluding diaryl/α,β-unsaturated/α-hetero) is 1. The van der Waals surface area contributed by atoms with Crippen molar-refractivity contribution >= 4 is 27.6 Å². The summed E-state index contributed by atoms with van der Waals surface area (Å²) in [4.78, 5) is 12.7. The summed E-state index contributed by atoms with van der Waals surface area (Å²) in [6, 6.07) is 10.4. The van der Waals surface area contributed by atoms with Crippen LogP contribution in [-0.4, -0.2) is 10.4 Å². The third-order valence-corrected chi connectivity index (χ3v) is 5.16. The maximum Gasteiger partial charge on any atom is 0.218 e. The summed E-state index contributed by atoms with van der Waals surface area (Å²) < 4.78 is 23.0. The number of hydrogen-bond acceptors (Lipinski definition) is 3. The number of ether oxygens (including phenoxy) is 1. The van der Waals surface area contributed by atoms with Gasteiger partial charge in [-0.3, -0.25) is 9.36 Å². The molecule has 4 nitrogen and oxygen atoms in total. The summed E-state index contributed by atoms with van der Waals surface area (Å²) in [5.74, 6) is -0.449. The minimum atomic E-state index is -0.772. The number of rotatable bonds is 2. The lowest BCUT2D eigenvalue weighted by atomic mass is 9.77. The third kappa shape index (κ3) is 2.69. The number of nitriles is 1. The Hall–Kier alpha value is -2.65. The van der Waals surface area contributed by atoms with Gasteiger partial charge in [0.05, 0.1) is 5.92 Å². The zero-order chi connectivity index (χ0) is 18.3. The molecule has 0 radical (unpaired) electrons. The van der Waals surface area contributed by atoms with Gasteiger partial charge in [-0.15, -0.1) is 0 Å². The second-order valence-electron chi connectivity index (χ2n) is 6.24. The Labute approximate surface area is 158 Å². The Morgan fingerprint density at radius 2 is 2.04 bits per heavy atom. The van der Waals surface area contributed by atoms with E-state index < -0.39 is 11.7 Å². The van der Waals surface area contributed by atoms with Crippen LogP contribution in [0.4, 0.5) is 4.39 Å². The van der Waals surface area contributed by atoms with Gasteiger partial charge in [-0.1, -0.05) is 15.9 Å². The zero-order valence-electron chi connectivity index (χ0n) is 13.7. The van der Waals surface area contributed by atoms with Crippen LogP contribution in [0.3, 0.4) is 0 Å². The van der Waals surface area contributed by atoms with E-state index in [9.17, 15) is 14.4 Å². The molecule has 1 aromatic heterocycles. The van der Waals surface area contributed by atoms with Gasteiger partial charge < -0.3 is 4.74 Å². The van der Waals surface area contributed by atoms with Gasteiger partial charge in [-0.2, -0.15) is 5.26 Å². The molecule has 0 fully saturated rings. The Balaban J connectivity index is 1.99. The second-order valence-corrected chi connectivity index (χ2v) is 7.15. The lowest BCUT2D eigenvalue weighted by Gasteiger charge is -2.32. The fraction of sp³-hybridized carbons (Fsp3) is 0.200. The van der Waals surface area contributed by atoms with Gasteiger partial charge in [0.15, 0.2) is 5.78 Å². The summed E-state index contributed by atoms with van der Waals surface area (Å²) in [5.41, 5.74) is 0.930. The number of nitrogens with zero attached hydrogens (tertiary/aromatic N) is 2. The maximum absolute atomic E-state index is 14.7. The number of halogens is 2. The van der Waals surface area contributed by atoms with E-state index in [0.717, 1.165) is 0 Å². The van der Waals surface area contributed by atoms with Crippen LogP contribution in [0.25, 0.3) is 5.88 Å². The standard InChI is InChI=1S/C20H14BrFN2O2/c21-12-6-7-15(22)13(10-12)18-14(11-23)20(24-8-1-2-9-24)26-17-5-3-4-16(25)19(17)18/h1-2,6-10,18H,3-5H2. The van der Waals surface area contributed by atoms with Crippen molar-refractivity contribution in [3.8, 4) is 6.07 Å². The highest BCUT2D eigenvalue weighted by Gasteiger charge is 2.40. The average Bonchev–Trinajstić information content (AvgIpc) is 3.17. The molecule has 6 heteroatoms. The summed E-state index contributed by atoms with van der Waals surface area (Å²) in [5, 5.41) is 9.86. The predicted molar refractivity (Wildman–Crippen MR) is 97.1 cm³/mol. The summed E-state index contributed by atoms with van der Waals surface area (Å²) in [6.07, 6.45) is 5.18. The van der Waals surface area contributed by atoms with E-state index >= 15 is 0 Å².